The minimum atomic E-state index is -3.74. The average molecular weight is 670 g/mol. The van der Waals surface area contributed by atoms with E-state index in [4.69, 9.17) is 25.6 Å². The van der Waals surface area contributed by atoms with Gasteiger partial charge in [-0.2, -0.15) is 0 Å². The van der Waals surface area contributed by atoms with E-state index in [1.807, 2.05) is 32.0 Å². The highest BCUT2D eigenvalue weighted by Gasteiger charge is 2.36. The summed E-state index contributed by atoms with van der Waals surface area (Å²) in [4.78, 5) is 41.0. The van der Waals surface area contributed by atoms with Crippen LogP contribution in [-0.2, 0) is 23.4 Å². The lowest BCUT2D eigenvalue weighted by Gasteiger charge is -2.28. The first kappa shape index (κ1) is 35.3. The molecule has 3 aromatic rings. The normalized spacial score (nSPS) is 16.6. The summed E-state index contributed by atoms with van der Waals surface area (Å²) in [5.74, 6) is -1.03. The number of nitrogens with one attached hydrogen (secondary N) is 2. The van der Waals surface area contributed by atoms with Crippen LogP contribution in [0.2, 0.25) is 5.02 Å². The molecule has 0 saturated heterocycles. The van der Waals surface area contributed by atoms with Gasteiger partial charge in [0.15, 0.2) is 0 Å². The minimum absolute atomic E-state index is 0.229. The number of hydrogen-bond acceptors (Lipinski definition) is 7. The Labute approximate surface area is 275 Å². The summed E-state index contributed by atoms with van der Waals surface area (Å²) in [5, 5.41) is 6.15. The Hall–Kier alpha value is -3.53. The largest absolute Gasteiger partial charge is 0.462 e. The van der Waals surface area contributed by atoms with Gasteiger partial charge >= 0.3 is 5.97 Å². The fraction of sp³-hybridized carbons (Fsp3) is 0.382. The van der Waals surface area contributed by atoms with Crippen LogP contribution in [0.4, 0.5) is 11.4 Å². The fourth-order valence-electron chi connectivity index (χ4n) is 5.37. The third kappa shape index (κ3) is 8.63. The topological polar surface area (TPSA) is 123 Å². The SMILES string of the molecule is COCP(=O)(N[C@@H](C)C(=O)OC(C)C)O[C@@H]1CCCN(C(=O)c2ccc(NC(=O)c3ccccc3C)cc2C)c2ccc(Cl)cc21. The van der Waals surface area contributed by atoms with E-state index in [1.54, 1.807) is 68.1 Å². The lowest BCUT2D eigenvalue weighted by molar-refractivity contribution is -0.149. The number of methoxy groups -OCH3 is 1. The number of halogens is 1. The van der Waals surface area contributed by atoms with Crippen LogP contribution < -0.4 is 15.3 Å². The molecule has 1 heterocycles. The number of carbonyl (C=O) groups is 3. The number of rotatable bonds is 11. The second-order valence-electron chi connectivity index (χ2n) is 11.6. The Bertz CT molecular complexity index is 1650. The number of nitrogens with zero attached hydrogens (tertiary/aromatic N) is 1. The van der Waals surface area contributed by atoms with E-state index in [1.165, 1.54) is 7.11 Å². The number of esters is 1. The molecule has 2 amide bonds. The van der Waals surface area contributed by atoms with Crippen LogP contribution in [0.25, 0.3) is 0 Å². The summed E-state index contributed by atoms with van der Waals surface area (Å²) in [6, 6.07) is 16.7. The number of benzene rings is 3. The molecule has 1 aliphatic rings. The van der Waals surface area contributed by atoms with Gasteiger partial charge in [0.1, 0.15) is 12.4 Å². The molecule has 3 atom stereocenters. The molecule has 0 spiro atoms. The van der Waals surface area contributed by atoms with E-state index < -0.39 is 25.6 Å². The lowest BCUT2D eigenvalue weighted by Crippen LogP contribution is -2.36. The maximum atomic E-state index is 14.0. The number of anilines is 2. The molecule has 0 aliphatic carbocycles. The van der Waals surface area contributed by atoms with Gasteiger partial charge < -0.3 is 24.2 Å². The van der Waals surface area contributed by atoms with Gasteiger partial charge in [-0.1, -0.05) is 29.8 Å². The Morgan fingerprint density at radius 3 is 2.41 bits per heavy atom. The van der Waals surface area contributed by atoms with Crippen molar-refractivity contribution >= 4 is 48.3 Å². The highest BCUT2D eigenvalue weighted by molar-refractivity contribution is 7.56. The standard InChI is InChI=1S/C34H41ClN3O7P/c1-21(2)44-34(41)24(5)37-46(42,20-43-6)45-31-12-9-17-38(30-16-13-25(35)19-29(30)31)33(40)28-15-14-26(18-23(28)4)36-32(39)27-11-8-7-10-22(27)3/h7-8,10-11,13-16,18-19,21,24,31H,9,12,17,20H2,1-6H3,(H,36,39)(H,37,42)/t24-,31+,46?/m0/s1. The highest BCUT2D eigenvalue weighted by atomic mass is 35.5. The molecule has 0 fully saturated rings. The zero-order valence-electron chi connectivity index (χ0n) is 27.0. The van der Waals surface area contributed by atoms with Crippen molar-refractivity contribution in [1.82, 2.24) is 5.09 Å². The van der Waals surface area contributed by atoms with Gasteiger partial charge in [-0.25, -0.2) is 5.09 Å². The van der Waals surface area contributed by atoms with Gasteiger partial charge in [-0.05, 0) is 101 Å². The summed E-state index contributed by atoms with van der Waals surface area (Å²) in [6.07, 6.45) is -0.373. The summed E-state index contributed by atoms with van der Waals surface area (Å²) in [5.41, 5.74) is 4.34. The van der Waals surface area contributed by atoms with Crippen molar-refractivity contribution < 1.29 is 32.9 Å². The summed E-state index contributed by atoms with van der Waals surface area (Å²) >= 11 is 6.42. The van der Waals surface area contributed by atoms with Crippen LogP contribution in [0.3, 0.4) is 0 Å². The van der Waals surface area contributed by atoms with Crippen molar-refractivity contribution in [1.29, 1.82) is 0 Å². The van der Waals surface area contributed by atoms with Crippen molar-refractivity contribution in [2.45, 2.75) is 65.7 Å². The molecular weight excluding hydrogens is 629 g/mol. The van der Waals surface area contributed by atoms with Gasteiger partial charge in [0.05, 0.1) is 12.2 Å². The second kappa shape index (κ2) is 15.4. The van der Waals surface area contributed by atoms with Crippen LogP contribution in [0.15, 0.2) is 60.7 Å². The van der Waals surface area contributed by atoms with Gasteiger partial charge in [0.2, 0.25) is 0 Å². The van der Waals surface area contributed by atoms with Gasteiger partial charge in [0.25, 0.3) is 19.3 Å². The Morgan fingerprint density at radius 2 is 1.74 bits per heavy atom. The van der Waals surface area contributed by atoms with Crippen molar-refractivity contribution in [2.75, 3.05) is 30.2 Å². The molecule has 10 nitrogen and oxygen atoms in total. The predicted octanol–water partition coefficient (Wildman–Crippen LogP) is 7.43. The van der Waals surface area contributed by atoms with Gasteiger partial charge in [-0.3, -0.25) is 18.9 Å². The number of fused-ring (bicyclic) bond motifs is 1. The summed E-state index contributed by atoms with van der Waals surface area (Å²) in [6.45, 7) is 9.08. The van der Waals surface area contributed by atoms with Gasteiger partial charge in [0, 0.05) is 46.7 Å². The number of amides is 2. The van der Waals surface area contributed by atoms with Crippen molar-refractivity contribution in [2.24, 2.45) is 0 Å². The maximum Gasteiger partial charge on any atom is 0.323 e. The van der Waals surface area contributed by atoms with E-state index in [2.05, 4.69) is 10.4 Å². The maximum absolute atomic E-state index is 14.0. The number of aryl methyl sites for hydroxylation is 2. The molecule has 46 heavy (non-hydrogen) atoms. The fourth-order valence-corrected chi connectivity index (χ4v) is 7.41. The summed E-state index contributed by atoms with van der Waals surface area (Å²) in [7, 11) is -2.34. The van der Waals surface area contributed by atoms with Crippen LogP contribution in [0.5, 0.6) is 0 Å². The third-order valence-corrected chi connectivity index (χ3v) is 9.73. The molecular formula is C34H41ClN3O7P. The smallest absolute Gasteiger partial charge is 0.323 e. The van der Waals surface area contributed by atoms with Crippen molar-refractivity contribution in [3.8, 4) is 0 Å². The van der Waals surface area contributed by atoms with E-state index in [9.17, 15) is 18.9 Å². The average Bonchev–Trinajstić information content (AvgIpc) is 3.15. The van der Waals surface area contributed by atoms with Crippen LogP contribution >= 0.6 is 19.1 Å². The third-order valence-electron chi connectivity index (χ3n) is 7.52. The molecule has 1 aliphatic heterocycles. The number of carbonyl (C=O) groups excluding carboxylic acids is 3. The quantitative estimate of drug-likeness (QED) is 0.160. The first-order chi connectivity index (χ1) is 21.8. The molecule has 12 heteroatoms. The second-order valence-corrected chi connectivity index (χ2v) is 14.1. The van der Waals surface area contributed by atoms with E-state index in [-0.39, 0.29) is 24.3 Å². The van der Waals surface area contributed by atoms with E-state index in [0.29, 0.717) is 58.0 Å². The molecule has 0 aromatic heterocycles. The first-order valence-electron chi connectivity index (χ1n) is 15.2. The minimum Gasteiger partial charge on any atom is -0.462 e. The molecule has 2 N–H and O–H groups in total. The van der Waals surface area contributed by atoms with Gasteiger partial charge in [-0.15, -0.1) is 0 Å². The molecule has 0 radical (unpaired) electrons. The van der Waals surface area contributed by atoms with Crippen molar-refractivity contribution in [3.05, 3.63) is 93.5 Å². The number of hydrogen-bond donors (Lipinski definition) is 2. The molecule has 4 rings (SSSR count). The predicted molar refractivity (Wildman–Crippen MR) is 180 cm³/mol. The lowest BCUT2D eigenvalue weighted by atomic mass is 10.0. The first-order valence-corrected chi connectivity index (χ1v) is 17.3. The Morgan fingerprint density at radius 1 is 1.00 bits per heavy atom. The zero-order chi connectivity index (χ0) is 33.6. The molecule has 0 bridgehead atoms. The zero-order valence-corrected chi connectivity index (χ0v) is 28.6. The Kier molecular flexibility index (Phi) is 11.8. The van der Waals surface area contributed by atoms with Crippen molar-refractivity contribution in [3.63, 3.8) is 0 Å². The molecule has 0 saturated carbocycles. The van der Waals surface area contributed by atoms with Crippen LogP contribution in [-0.4, -0.2) is 49.9 Å². The number of ether oxygens (including phenoxy) is 2. The molecule has 246 valence electrons. The van der Waals surface area contributed by atoms with E-state index in [0.717, 1.165) is 5.56 Å². The van der Waals surface area contributed by atoms with E-state index >= 15 is 0 Å². The Balaban J connectivity index is 1.59. The molecule has 3 aromatic carbocycles. The monoisotopic (exact) mass is 669 g/mol. The summed E-state index contributed by atoms with van der Waals surface area (Å²) < 4.78 is 30.7. The molecule has 1 unspecified atom stereocenters. The highest BCUT2D eigenvalue weighted by Crippen LogP contribution is 2.51. The van der Waals surface area contributed by atoms with Crippen LogP contribution in [0.1, 0.15) is 77.1 Å². The van der Waals surface area contributed by atoms with Crippen LogP contribution in [0, 0.1) is 13.8 Å².